The van der Waals surface area contributed by atoms with E-state index in [-0.39, 0.29) is 5.41 Å². The Morgan fingerprint density at radius 2 is 1.85 bits per heavy atom. The molecule has 0 amide bonds. The number of hydrogen-bond donors (Lipinski definition) is 1. The molecule has 138 valence electrons. The van der Waals surface area contributed by atoms with Gasteiger partial charge in [-0.3, -0.25) is 0 Å². The first-order valence-corrected chi connectivity index (χ1v) is 9.67. The molecule has 1 N–H and O–H groups in total. The Labute approximate surface area is 155 Å². The number of hydrogen-bond acceptors (Lipinski definition) is 6. The third kappa shape index (κ3) is 3.64. The van der Waals surface area contributed by atoms with Crippen molar-refractivity contribution in [2.75, 3.05) is 29.9 Å². The Bertz CT molecular complexity index is 759. The molecule has 26 heavy (non-hydrogen) atoms. The second-order valence-corrected chi connectivity index (χ2v) is 8.59. The molecule has 6 heteroatoms. The van der Waals surface area contributed by atoms with Crippen LogP contribution in [-0.2, 0) is 18.3 Å². The lowest BCUT2D eigenvalue weighted by molar-refractivity contribution is 0.424. The van der Waals surface area contributed by atoms with Crippen LogP contribution < -0.4 is 10.2 Å². The van der Waals surface area contributed by atoms with Crippen LogP contribution in [0.1, 0.15) is 50.6 Å². The normalized spacial score (nSPS) is 17.6. The lowest BCUT2D eigenvalue weighted by Crippen LogP contribution is -2.50. The first-order chi connectivity index (χ1) is 12.5. The highest BCUT2D eigenvalue weighted by Gasteiger charge is 2.28. The lowest BCUT2D eigenvalue weighted by atomic mass is 9.92. The molecule has 4 rings (SSSR count). The molecular formula is C20H28N6. The van der Waals surface area contributed by atoms with E-state index in [4.69, 9.17) is 0 Å². The van der Waals surface area contributed by atoms with Crippen LogP contribution in [0.15, 0.2) is 18.2 Å². The SMILES string of the molecule is CC(C)(C)c1ccc(N2CC(CNc3cc4c(nn3)CCCC4)C2)nn1. The monoisotopic (exact) mass is 352 g/mol. The number of aromatic nitrogens is 4. The highest BCUT2D eigenvalue weighted by Crippen LogP contribution is 2.26. The largest absolute Gasteiger partial charge is 0.368 e. The quantitative estimate of drug-likeness (QED) is 0.912. The van der Waals surface area contributed by atoms with E-state index in [2.05, 4.69) is 69.6 Å². The summed E-state index contributed by atoms with van der Waals surface area (Å²) in [5, 5.41) is 21.0. The van der Waals surface area contributed by atoms with Crippen molar-refractivity contribution in [3.63, 3.8) is 0 Å². The standard InChI is InChI=1S/C20H28N6/c1-20(2,3)17-8-9-19(25-23-17)26-12-14(13-26)11-21-18-10-15-6-4-5-7-16(15)22-24-18/h8-10,14H,4-7,11-13H2,1-3H3,(H,21,24). The van der Waals surface area contributed by atoms with Crippen molar-refractivity contribution in [2.24, 2.45) is 5.92 Å². The van der Waals surface area contributed by atoms with Gasteiger partial charge in [0.1, 0.15) is 5.82 Å². The number of rotatable bonds is 4. The van der Waals surface area contributed by atoms with Crippen LogP contribution in [0.4, 0.5) is 11.6 Å². The molecule has 0 aromatic carbocycles. The topological polar surface area (TPSA) is 66.8 Å². The van der Waals surface area contributed by atoms with Gasteiger partial charge in [0.2, 0.25) is 0 Å². The molecule has 2 aromatic heterocycles. The zero-order valence-corrected chi connectivity index (χ0v) is 16.0. The Kier molecular flexibility index (Phi) is 4.51. The fourth-order valence-corrected chi connectivity index (χ4v) is 3.61. The van der Waals surface area contributed by atoms with E-state index in [1.165, 1.54) is 24.1 Å². The fraction of sp³-hybridized carbons (Fsp3) is 0.600. The lowest BCUT2D eigenvalue weighted by Gasteiger charge is -2.40. The van der Waals surface area contributed by atoms with Gasteiger partial charge in [-0.2, -0.15) is 10.2 Å². The van der Waals surface area contributed by atoms with Crippen LogP contribution in [0.5, 0.6) is 0 Å². The Hall–Kier alpha value is -2.24. The van der Waals surface area contributed by atoms with Crippen molar-refractivity contribution in [3.05, 3.63) is 35.2 Å². The second-order valence-electron chi connectivity index (χ2n) is 8.59. The van der Waals surface area contributed by atoms with Crippen LogP contribution in [-0.4, -0.2) is 40.0 Å². The predicted octanol–water partition coefficient (Wildman–Crippen LogP) is 2.99. The number of aryl methyl sites for hydroxylation is 2. The van der Waals surface area contributed by atoms with Crippen molar-refractivity contribution in [1.82, 2.24) is 20.4 Å². The maximum atomic E-state index is 4.40. The van der Waals surface area contributed by atoms with E-state index in [1.54, 1.807) is 0 Å². The van der Waals surface area contributed by atoms with Gasteiger partial charge < -0.3 is 10.2 Å². The van der Waals surface area contributed by atoms with Crippen molar-refractivity contribution >= 4 is 11.6 Å². The molecule has 0 bridgehead atoms. The molecule has 0 unspecified atom stereocenters. The van der Waals surface area contributed by atoms with Gasteiger partial charge in [0.25, 0.3) is 0 Å². The third-order valence-electron chi connectivity index (χ3n) is 5.34. The smallest absolute Gasteiger partial charge is 0.151 e. The maximum absolute atomic E-state index is 4.40. The molecule has 2 aromatic rings. The van der Waals surface area contributed by atoms with Gasteiger partial charge in [-0.1, -0.05) is 20.8 Å². The summed E-state index contributed by atoms with van der Waals surface area (Å²) in [7, 11) is 0. The average molecular weight is 352 g/mol. The minimum absolute atomic E-state index is 0.0445. The van der Waals surface area contributed by atoms with E-state index in [1.807, 2.05) is 0 Å². The zero-order valence-electron chi connectivity index (χ0n) is 16.0. The van der Waals surface area contributed by atoms with Crippen molar-refractivity contribution in [3.8, 4) is 0 Å². The Balaban J connectivity index is 1.28. The molecule has 3 heterocycles. The maximum Gasteiger partial charge on any atom is 0.151 e. The molecule has 0 atom stereocenters. The first-order valence-electron chi connectivity index (χ1n) is 9.67. The molecule has 1 aliphatic heterocycles. The Morgan fingerprint density at radius 3 is 2.58 bits per heavy atom. The summed E-state index contributed by atoms with van der Waals surface area (Å²) in [5.74, 6) is 2.50. The summed E-state index contributed by atoms with van der Waals surface area (Å²) in [5.41, 5.74) is 3.64. The van der Waals surface area contributed by atoms with Crippen LogP contribution in [0, 0.1) is 5.92 Å². The summed E-state index contributed by atoms with van der Waals surface area (Å²) in [6.45, 7) is 9.42. The molecule has 0 radical (unpaired) electrons. The highest BCUT2D eigenvalue weighted by atomic mass is 15.3. The minimum atomic E-state index is 0.0445. The molecule has 0 saturated carbocycles. The van der Waals surface area contributed by atoms with Crippen molar-refractivity contribution < 1.29 is 0 Å². The van der Waals surface area contributed by atoms with Gasteiger partial charge in [0.05, 0.1) is 11.4 Å². The van der Waals surface area contributed by atoms with E-state index in [9.17, 15) is 0 Å². The minimum Gasteiger partial charge on any atom is -0.368 e. The zero-order chi connectivity index (χ0) is 18.1. The first kappa shape index (κ1) is 17.2. The van der Waals surface area contributed by atoms with Gasteiger partial charge in [0.15, 0.2) is 5.82 Å². The van der Waals surface area contributed by atoms with Crippen molar-refractivity contribution in [1.29, 1.82) is 0 Å². The van der Waals surface area contributed by atoms with Crippen LogP contribution in [0.25, 0.3) is 0 Å². The molecule has 1 aliphatic carbocycles. The molecular weight excluding hydrogens is 324 g/mol. The van der Waals surface area contributed by atoms with E-state index >= 15 is 0 Å². The Morgan fingerprint density at radius 1 is 1.04 bits per heavy atom. The van der Waals surface area contributed by atoms with Gasteiger partial charge in [-0.05, 0) is 49.4 Å². The van der Waals surface area contributed by atoms with Crippen LogP contribution in [0.2, 0.25) is 0 Å². The van der Waals surface area contributed by atoms with E-state index in [0.29, 0.717) is 5.92 Å². The van der Waals surface area contributed by atoms with Crippen molar-refractivity contribution in [2.45, 2.75) is 51.9 Å². The summed E-state index contributed by atoms with van der Waals surface area (Å²) in [6.07, 6.45) is 4.73. The molecule has 6 nitrogen and oxygen atoms in total. The van der Waals surface area contributed by atoms with Crippen LogP contribution in [0.3, 0.4) is 0 Å². The summed E-state index contributed by atoms with van der Waals surface area (Å²) in [6, 6.07) is 6.37. The fourth-order valence-electron chi connectivity index (χ4n) is 3.61. The summed E-state index contributed by atoms with van der Waals surface area (Å²) in [4.78, 5) is 2.28. The van der Waals surface area contributed by atoms with E-state index in [0.717, 1.165) is 49.8 Å². The van der Waals surface area contributed by atoms with Gasteiger partial charge in [0, 0.05) is 31.0 Å². The molecule has 2 aliphatic rings. The number of fused-ring (bicyclic) bond motifs is 1. The molecule has 1 fully saturated rings. The number of nitrogens with one attached hydrogen (secondary N) is 1. The number of anilines is 2. The third-order valence-corrected chi connectivity index (χ3v) is 5.34. The average Bonchev–Trinajstić information content (AvgIpc) is 2.60. The number of nitrogens with zero attached hydrogens (tertiary/aromatic N) is 5. The van der Waals surface area contributed by atoms with Gasteiger partial charge >= 0.3 is 0 Å². The van der Waals surface area contributed by atoms with E-state index < -0.39 is 0 Å². The molecule has 1 saturated heterocycles. The summed E-state index contributed by atoms with van der Waals surface area (Å²) < 4.78 is 0. The van der Waals surface area contributed by atoms with Gasteiger partial charge in [-0.15, -0.1) is 10.2 Å². The van der Waals surface area contributed by atoms with Gasteiger partial charge in [-0.25, -0.2) is 0 Å². The highest BCUT2D eigenvalue weighted by molar-refractivity contribution is 5.43. The molecule has 0 spiro atoms. The predicted molar refractivity (Wildman–Crippen MR) is 104 cm³/mol. The summed E-state index contributed by atoms with van der Waals surface area (Å²) >= 11 is 0. The van der Waals surface area contributed by atoms with Crippen LogP contribution >= 0.6 is 0 Å². The second kappa shape index (κ2) is 6.82.